The van der Waals surface area contributed by atoms with Crippen LogP contribution >= 0.6 is 0 Å². The van der Waals surface area contributed by atoms with Gasteiger partial charge in [0.25, 0.3) is 0 Å². The lowest BCUT2D eigenvalue weighted by Gasteiger charge is -2.53. The minimum Gasteiger partial charge on any atom is -0.493 e. The van der Waals surface area contributed by atoms with E-state index in [0.717, 1.165) is 24.3 Å². The monoisotopic (exact) mass is 314 g/mol. The molecule has 1 aromatic carbocycles. The second-order valence-electron chi connectivity index (χ2n) is 7.71. The summed E-state index contributed by atoms with van der Waals surface area (Å²) >= 11 is 0. The summed E-state index contributed by atoms with van der Waals surface area (Å²) in [6.45, 7) is 7.37. The second kappa shape index (κ2) is 7.74. The highest BCUT2D eigenvalue weighted by Gasteiger charge is 2.43. The zero-order valence-electron chi connectivity index (χ0n) is 15.1. The summed E-state index contributed by atoms with van der Waals surface area (Å²) in [5.41, 5.74) is 1.42. The van der Waals surface area contributed by atoms with Gasteiger partial charge in [0.2, 0.25) is 0 Å². The normalized spacial score (nSPS) is 27.8. The molecule has 23 heavy (non-hydrogen) atoms. The van der Waals surface area contributed by atoms with Gasteiger partial charge in [0.05, 0.1) is 32.3 Å². The van der Waals surface area contributed by atoms with Gasteiger partial charge in [0.15, 0.2) is 0 Å². The highest BCUT2D eigenvalue weighted by Crippen LogP contribution is 2.37. The maximum atomic E-state index is 6.05. The van der Waals surface area contributed by atoms with E-state index in [0.29, 0.717) is 0 Å². The molecule has 3 heteroatoms. The predicted octanol–water partition coefficient (Wildman–Crippen LogP) is 3.46. The molecule has 0 radical (unpaired) electrons. The number of quaternary nitrogens is 1. The predicted molar refractivity (Wildman–Crippen MR) is 99.9 cm³/mol. The summed E-state index contributed by atoms with van der Waals surface area (Å²) < 4.78 is 7.45. The minimum absolute atomic E-state index is 0.801. The highest BCUT2D eigenvalue weighted by atomic mass is 16.5. The number of rotatable bonds is 8. The Bertz CT molecular complexity index is 465. The summed E-state index contributed by atoms with van der Waals surface area (Å²) in [7, 11) is 2.37. The Morgan fingerprint density at radius 3 is 2.35 bits per heavy atom. The number of benzene rings is 1. The van der Waals surface area contributed by atoms with Crippen molar-refractivity contribution in [2.75, 3.05) is 26.2 Å². The van der Waals surface area contributed by atoms with E-state index in [4.69, 9.17) is 4.74 Å². The van der Waals surface area contributed by atoms with E-state index in [1.165, 1.54) is 74.5 Å². The molecule has 0 spiro atoms. The fourth-order valence-corrected chi connectivity index (χ4v) is 4.85. The van der Waals surface area contributed by atoms with Crippen molar-refractivity contribution in [1.29, 1.82) is 0 Å². The van der Waals surface area contributed by atoms with Crippen LogP contribution in [0.2, 0.25) is 6.32 Å². The molecular formula is C20H33BNO+. The molecule has 4 rings (SSSR count). The molecule has 3 heterocycles. The average molecular weight is 314 g/mol. The number of hydrogen-bond acceptors (Lipinski definition) is 1. The third kappa shape index (κ3) is 3.93. The van der Waals surface area contributed by atoms with Crippen LogP contribution in [-0.4, -0.2) is 44.6 Å². The maximum absolute atomic E-state index is 6.05. The lowest BCUT2D eigenvalue weighted by atomic mass is 9.81. The lowest BCUT2D eigenvalue weighted by molar-refractivity contribution is -0.963. The zero-order valence-corrected chi connectivity index (χ0v) is 15.1. The molecule has 1 aromatic rings. The fraction of sp³-hybridized carbons (Fsp3) is 0.700. The zero-order chi connectivity index (χ0) is 16.1. The van der Waals surface area contributed by atoms with Gasteiger partial charge < -0.3 is 9.22 Å². The molecule has 2 bridgehead atoms. The van der Waals surface area contributed by atoms with Gasteiger partial charge in [0, 0.05) is 6.42 Å². The van der Waals surface area contributed by atoms with Crippen molar-refractivity contribution >= 4 is 7.85 Å². The van der Waals surface area contributed by atoms with Crippen molar-refractivity contribution in [1.82, 2.24) is 0 Å². The van der Waals surface area contributed by atoms with Gasteiger partial charge in [-0.05, 0) is 55.6 Å². The van der Waals surface area contributed by atoms with Gasteiger partial charge in [-0.1, -0.05) is 25.5 Å². The number of fused-ring (bicyclic) bond motifs is 3. The van der Waals surface area contributed by atoms with Crippen molar-refractivity contribution < 1.29 is 9.22 Å². The Balaban J connectivity index is 1.50. The molecule has 0 aromatic heterocycles. The van der Waals surface area contributed by atoms with Crippen LogP contribution in [0.25, 0.3) is 0 Å². The Kier molecular flexibility index (Phi) is 5.69. The summed E-state index contributed by atoms with van der Waals surface area (Å²) in [5, 5.41) is 0. The third-order valence-electron chi connectivity index (χ3n) is 6.38. The standard InChI is InChI=1S/C20H33BNO/c1-2-3-17-4-6-20(7-5-17)23-15-11-19(16-21)22-12-8-18(9-13-22)10-14-22/h4-7,18-19H,2-3,8-16,21H2,1H3/q+1. The molecule has 3 fully saturated rings. The molecule has 1 atom stereocenters. The van der Waals surface area contributed by atoms with Crippen LogP contribution in [0.5, 0.6) is 5.75 Å². The fourth-order valence-electron chi connectivity index (χ4n) is 4.85. The molecule has 1 unspecified atom stereocenters. The number of ether oxygens (including phenoxy) is 1. The summed E-state index contributed by atoms with van der Waals surface area (Å²) in [6, 6.07) is 9.52. The average Bonchev–Trinajstić information content (AvgIpc) is 2.62. The van der Waals surface area contributed by atoms with E-state index in [9.17, 15) is 0 Å². The van der Waals surface area contributed by atoms with Crippen LogP contribution in [0.3, 0.4) is 0 Å². The van der Waals surface area contributed by atoms with Crippen molar-refractivity contribution in [3.63, 3.8) is 0 Å². The molecular weight excluding hydrogens is 281 g/mol. The molecule has 3 aliphatic rings. The Morgan fingerprint density at radius 1 is 1.13 bits per heavy atom. The first-order valence-corrected chi connectivity index (χ1v) is 9.83. The first kappa shape index (κ1) is 16.9. The Labute approximate surface area is 143 Å². The summed E-state index contributed by atoms with van der Waals surface area (Å²) in [5.74, 6) is 2.09. The number of piperidine rings is 3. The molecule has 2 nitrogen and oxygen atoms in total. The lowest BCUT2D eigenvalue weighted by Crippen LogP contribution is -2.63. The second-order valence-corrected chi connectivity index (χ2v) is 7.71. The van der Waals surface area contributed by atoms with E-state index >= 15 is 0 Å². The van der Waals surface area contributed by atoms with Crippen LogP contribution in [0.1, 0.15) is 44.6 Å². The van der Waals surface area contributed by atoms with E-state index in [1.54, 1.807) is 0 Å². The number of hydrogen-bond donors (Lipinski definition) is 0. The quantitative estimate of drug-likeness (QED) is 0.527. The van der Waals surface area contributed by atoms with Gasteiger partial charge in [-0.15, -0.1) is 0 Å². The molecule has 0 saturated carbocycles. The molecule has 0 amide bonds. The first-order chi connectivity index (χ1) is 11.3. The Hall–Kier alpha value is -0.955. The van der Waals surface area contributed by atoms with Gasteiger partial charge in [-0.2, -0.15) is 0 Å². The highest BCUT2D eigenvalue weighted by molar-refractivity contribution is 6.08. The van der Waals surface area contributed by atoms with Crippen molar-refractivity contribution in [2.45, 2.75) is 57.8 Å². The van der Waals surface area contributed by atoms with Crippen LogP contribution in [0.15, 0.2) is 24.3 Å². The largest absolute Gasteiger partial charge is 0.493 e. The topological polar surface area (TPSA) is 9.23 Å². The van der Waals surface area contributed by atoms with Gasteiger partial charge in [-0.3, -0.25) is 0 Å². The SMILES string of the molecule is BCC(CCOc1ccc(CCC)cc1)[N+]12CCC(CC1)CC2. The summed E-state index contributed by atoms with van der Waals surface area (Å²) in [4.78, 5) is 0. The minimum atomic E-state index is 0.801. The van der Waals surface area contributed by atoms with Gasteiger partial charge in [0.1, 0.15) is 13.6 Å². The van der Waals surface area contributed by atoms with Crippen LogP contribution in [-0.2, 0) is 6.42 Å². The van der Waals surface area contributed by atoms with E-state index in [2.05, 4.69) is 39.0 Å². The van der Waals surface area contributed by atoms with E-state index < -0.39 is 0 Å². The van der Waals surface area contributed by atoms with E-state index in [1.807, 2.05) is 0 Å². The first-order valence-electron chi connectivity index (χ1n) is 9.83. The third-order valence-corrected chi connectivity index (χ3v) is 6.38. The van der Waals surface area contributed by atoms with Crippen molar-refractivity contribution in [2.24, 2.45) is 5.92 Å². The summed E-state index contributed by atoms with van der Waals surface area (Å²) in [6.07, 6.45) is 9.28. The molecule has 126 valence electrons. The van der Waals surface area contributed by atoms with E-state index in [-0.39, 0.29) is 0 Å². The van der Waals surface area contributed by atoms with Crippen LogP contribution in [0, 0.1) is 5.92 Å². The smallest absolute Gasteiger partial charge is 0.119 e. The van der Waals surface area contributed by atoms with Crippen molar-refractivity contribution in [3.8, 4) is 5.75 Å². The van der Waals surface area contributed by atoms with Gasteiger partial charge in [-0.25, -0.2) is 0 Å². The van der Waals surface area contributed by atoms with Crippen LogP contribution in [0.4, 0.5) is 0 Å². The number of aryl methyl sites for hydroxylation is 1. The van der Waals surface area contributed by atoms with Crippen molar-refractivity contribution in [3.05, 3.63) is 29.8 Å². The molecule has 3 saturated heterocycles. The maximum Gasteiger partial charge on any atom is 0.119 e. The molecule has 3 aliphatic heterocycles. The number of nitrogens with zero attached hydrogens (tertiary/aromatic N) is 1. The Morgan fingerprint density at radius 2 is 1.78 bits per heavy atom. The van der Waals surface area contributed by atoms with Crippen LogP contribution < -0.4 is 4.74 Å². The molecule has 0 N–H and O–H groups in total. The van der Waals surface area contributed by atoms with Gasteiger partial charge >= 0.3 is 0 Å². The molecule has 0 aliphatic carbocycles.